The van der Waals surface area contributed by atoms with Crippen LogP contribution in [0.25, 0.3) is 16.6 Å². The lowest BCUT2D eigenvalue weighted by Gasteiger charge is -2.11. The van der Waals surface area contributed by atoms with Crippen LogP contribution < -0.4 is 0 Å². The quantitative estimate of drug-likeness (QED) is 0.676. The summed E-state index contributed by atoms with van der Waals surface area (Å²) in [5.74, 6) is -0.172. The summed E-state index contributed by atoms with van der Waals surface area (Å²) in [7, 11) is 1.47. The van der Waals surface area contributed by atoms with Gasteiger partial charge in [-0.1, -0.05) is 36.4 Å². The van der Waals surface area contributed by atoms with Crippen LogP contribution in [0.2, 0.25) is 0 Å². The molecule has 1 aliphatic carbocycles. The highest BCUT2D eigenvalue weighted by Gasteiger charge is 2.33. The zero-order valence-electron chi connectivity index (χ0n) is 12.5. The molecule has 4 rings (SSSR count). The van der Waals surface area contributed by atoms with Crippen LogP contribution in [0.1, 0.15) is 11.3 Å². The zero-order chi connectivity index (χ0) is 15.1. The number of nitrogens with zero attached hydrogens (tertiary/aromatic N) is 1. The Hall–Kier alpha value is -2.55. The van der Waals surface area contributed by atoms with Crippen molar-refractivity contribution >= 4 is 16.9 Å². The van der Waals surface area contributed by atoms with Gasteiger partial charge in [-0.2, -0.15) is 0 Å². The van der Waals surface area contributed by atoms with Crippen molar-refractivity contribution in [2.24, 2.45) is 5.92 Å². The maximum atomic E-state index is 11.9. The van der Waals surface area contributed by atoms with E-state index in [1.807, 2.05) is 18.2 Å². The number of fused-ring (bicyclic) bond motifs is 3. The summed E-state index contributed by atoms with van der Waals surface area (Å²) >= 11 is 0. The number of para-hydroxylation sites is 2. The van der Waals surface area contributed by atoms with Gasteiger partial charge in [0.25, 0.3) is 0 Å². The molecule has 1 heterocycles. The van der Waals surface area contributed by atoms with Crippen LogP contribution >= 0.6 is 0 Å². The molecule has 0 saturated carbocycles. The predicted octanol–water partition coefficient (Wildman–Crippen LogP) is 3.52. The number of rotatable bonds is 2. The van der Waals surface area contributed by atoms with E-state index in [9.17, 15) is 4.79 Å². The second-order valence-electron chi connectivity index (χ2n) is 5.74. The van der Waals surface area contributed by atoms with E-state index < -0.39 is 0 Å². The summed E-state index contributed by atoms with van der Waals surface area (Å²) in [6.45, 7) is 0. The fourth-order valence-electron chi connectivity index (χ4n) is 3.56. The molecule has 0 fully saturated rings. The number of methoxy groups -OCH3 is 1. The standard InChI is InChI=1S/C19H17NO2/c1-22-19(21)13-11-16-15-9-5-6-10-17(15)20(18(16)12-13)14-7-3-2-4-8-14/h2-10,13H,11-12H2,1H3. The molecule has 1 atom stereocenters. The van der Waals surface area contributed by atoms with Gasteiger partial charge in [0.15, 0.2) is 0 Å². The normalized spacial score (nSPS) is 16.7. The molecule has 0 N–H and O–H groups in total. The first-order valence-electron chi connectivity index (χ1n) is 7.54. The minimum Gasteiger partial charge on any atom is -0.469 e. The Morgan fingerprint density at radius 1 is 1.05 bits per heavy atom. The van der Waals surface area contributed by atoms with Crippen molar-refractivity contribution in [1.82, 2.24) is 4.57 Å². The number of esters is 1. The Bertz CT molecular complexity index is 849. The van der Waals surface area contributed by atoms with E-state index in [2.05, 4.69) is 41.0 Å². The Labute approximate surface area is 129 Å². The summed E-state index contributed by atoms with van der Waals surface area (Å²) in [6.07, 6.45) is 1.51. The Kier molecular flexibility index (Phi) is 3.00. The van der Waals surface area contributed by atoms with E-state index in [1.54, 1.807) is 0 Å². The summed E-state index contributed by atoms with van der Waals surface area (Å²) in [5.41, 5.74) is 4.88. The first-order chi connectivity index (χ1) is 10.8. The number of benzene rings is 2. The van der Waals surface area contributed by atoms with E-state index in [1.165, 1.54) is 29.3 Å². The minimum atomic E-state index is -0.111. The highest BCUT2D eigenvalue weighted by atomic mass is 16.5. The van der Waals surface area contributed by atoms with Gasteiger partial charge >= 0.3 is 5.97 Å². The minimum absolute atomic E-state index is 0.0606. The van der Waals surface area contributed by atoms with Crippen LogP contribution in [-0.2, 0) is 22.4 Å². The molecule has 0 aliphatic heterocycles. The van der Waals surface area contributed by atoms with Gasteiger partial charge in [-0.05, 0) is 30.2 Å². The lowest BCUT2D eigenvalue weighted by molar-refractivity contribution is -0.145. The first kappa shape index (κ1) is 13.1. The number of hydrogen-bond acceptors (Lipinski definition) is 2. The lowest BCUT2D eigenvalue weighted by atomic mass is 10.1. The van der Waals surface area contributed by atoms with E-state index >= 15 is 0 Å². The molecule has 0 spiro atoms. The maximum absolute atomic E-state index is 11.9. The van der Waals surface area contributed by atoms with Gasteiger partial charge in [0.05, 0.1) is 18.5 Å². The van der Waals surface area contributed by atoms with Crippen LogP contribution in [-0.4, -0.2) is 17.6 Å². The number of carbonyl (C=O) groups is 1. The Morgan fingerprint density at radius 2 is 1.77 bits per heavy atom. The van der Waals surface area contributed by atoms with Crippen LogP contribution in [0.4, 0.5) is 0 Å². The van der Waals surface area contributed by atoms with Gasteiger partial charge in [0, 0.05) is 23.2 Å². The largest absolute Gasteiger partial charge is 0.469 e. The van der Waals surface area contributed by atoms with E-state index in [4.69, 9.17) is 4.74 Å². The summed E-state index contributed by atoms with van der Waals surface area (Å²) in [5, 5.41) is 1.24. The third-order valence-corrected chi connectivity index (χ3v) is 4.53. The van der Waals surface area contributed by atoms with Gasteiger partial charge in [-0.3, -0.25) is 4.79 Å². The van der Waals surface area contributed by atoms with Gasteiger partial charge in [0.2, 0.25) is 0 Å². The number of hydrogen-bond donors (Lipinski definition) is 0. The SMILES string of the molecule is COC(=O)C1Cc2c(n(-c3ccccc3)c3ccccc23)C1. The van der Waals surface area contributed by atoms with Crippen molar-refractivity contribution in [3.63, 3.8) is 0 Å². The monoisotopic (exact) mass is 291 g/mol. The van der Waals surface area contributed by atoms with Crippen LogP contribution in [0.3, 0.4) is 0 Å². The average molecular weight is 291 g/mol. The molecule has 0 bridgehead atoms. The van der Waals surface area contributed by atoms with Gasteiger partial charge < -0.3 is 9.30 Å². The van der Waals surface area contributed by atoms with Crippen molar-refractivity contribution < 1.29 is 9.53 Å². The third kappa shape index (κ3) is 1.86. The van der Waals surface area contributed by atoms with Crippen LogP contribution in [0.15, 0.2) is 54.6 Å². The molecular formula is C19H17NO2. The van der Waals surface area contributed by atoms with Crippen molar-refractivity contribution in [2.45, 2.75) is 12.8 Å². The predicted molar refractivity (Wildman–Crippen MR) is 86.2 cm³/mol. The van der Waals surface area contributed by atoms with Gasteiger partial charge in [0.1, 0.15) is 0 Å². The second-order valence-corrected chi connectivity index (χ2v) is 5.74. The topological polar surface area (TPSA) is 31.2 Å². The molecule has 3 aromatic rings. The van der Waals surface area contributed by atoms with Crippen LogP contribution in [0.5, 0.6) is 0 Å². The molecule has 1 aromatic heterocycles. The summed E-state index contributed by atoms with van der Waals surface area (Å²) < 4.78 is 7.23. The maximum Gasteiger partial charge on any atom is 0.309 e. The molecule has 3 heteroatoms. The molecule has 1 aliphatic rings. The lowest BCUT2D eigenvalue weighted by Crippen LogP contribution is -2.17. The molecule has 3 nitrogen and oxygen atoms in total. The number of aromatic nitrogens is 1. The van der Waals surface area contributed by atoms with E-state index in [-0.39, 0.29) is 11.9 Å². The highest BCUT2D eigenvalue weighted by molar-refractivity contribution is 5.89. The number of carbonyl (C=O) groups excluding carboxylic acids is 1. The van der Waals surface area contributed by atoms with Gasteiger partial charge in [-0.25, -0.2) is 0 Å². The second kappa shape index (κ2) is 5.02. The third-order valence-electron chi connectivity index (χ3n) is 4.53. The molecule has 0 amide bonds. The first-order valence-corrected chi connectivity index (χ1v) is 7.54. The zero-order valence-corrected chi connectivity index (χ0v) is 12.5. The summed E-state index contributed by atoms with van der Waals surface area (Å²) in [4.78, 5) is 11.9. The van der Waals surface area contributed by atoms with Gasteiger partial charge in [-0.15, -0.1) is 0 Å². The molecule has 1 unspecified atom stereocenters. The molecular weight excluding hydrogens is 274 g/mol. The van der Waals surface area contributed by atoms with Crippen LogP contribution in [0, 0.1) is 5.92 Å². The van der Waals surface area contributed by atoms with E-state index in [0.717, 1.165) is 18.5 Å². The Morgan fingerprint density at radius 3 is 2.55 bits per heavy atom. The smallest absolute Gasteiger partial charge is 0.309 e. The molecule has 2 aromatic carbocycles. The fourth-order valence-corrected chi connectivity index (χ4v) is 3.56. The summed E-state index contributed by atoms with van der Waals surface area (Å²) in [6, 6.07) is 18.7. The van der Waals surface area contributed by atoms with Crippen molar-refractivity contribution in [2.75, 3.05) is 7.11 Å². The molecule has 0 radical (unpaired) electrons. The fraction of sp³-hybridized carbons (Fsp3) is 0.211. The average Bonchev–Trinajstić information content (AvgIpc) is 3.12. The number of ether oxygens (including phenoxy) is 1. The highest BCUT2D eigenvalue weighted by Crippen LogP contribution is 2.37. The molecule has 22 heavy (non-hydrogen) atoms. The van der Waals surface area contributed by atoms with Crippen molar-refractivity contribution in [3.05, 3.63) is 65.9 Å². The molecule has 0 saturated heterocycles. The Balaban J connectivity index is 1.93. The van der Waals surface area contributed by atoms with Crippen molar-refractivity contribution in [3.8, 4) is 5.69 Å². The molecule has 110 valence electrons. The van der Waals surface area contributed by atoms with E-state index in [0.29, 0.717) is 0 Å². The van der Waals surface area contributed by atoms with Crippen molar-refractivity contribution in [1.29, 1.82) is 0 Å².